The minimum absolute atomic E-state index is 0.0720. The Kier molecular flexibility index (Phi) is 2.93. The lowest BCUT2D eigenvalue weighted by Gasteiger charge is -2.42. The minimum Gasteiger partial charge on any atom is -0.392 e. The zero-order valence-electron chi connectivity index (χ0n) is 13.2. The van der Waals surface area contributed by atoms with Gasteiger partial charge in [-0.1, -0.05) is 60.7 Å². The number of rotatable bonds is 2. The van der Waals surface area contributed by atoms with Crippen LogP contribution >= 0.6 is 0 Å². The zero-order valence-corrected chi connectivity index (χ0v) is 13.2. The van der Waals surface area contributed by atoms with E-state index < -0.39 is 0 Å². The molecule has 0 saturated carbocycles. The van der Waals surface area contributed by atoms with Crippen LogP contribution in [0.1, 0.15) is 56.3 Å². The molecule has 3 aliphatic rings. The van der Waals surface area contributed by atoms with Crippen molar-refractivity contribution >= 4 is 0 Å². The average Bonchev–Trinajstić information content (AvgIpc) is 2.66. The van der Waals surface area contributed by atoms with Crippen LogP contribution < -0.4 is 0 Å². The molecule has 2 bridgehead atoms. The van der Waals surface area contributed by atoms with Gasteiger partial charge in [0.15, 0.2) is 0 Å². The number of benzene rings is 3. The molecule has 2 N–H and O–H groups in total. The topological polar surface area (TPSA) is 40.5 Å². The van der Waals surface area contributed by atoms with Crippen LogP contribution in [0.2, 0.25) is 0 Å². The molecule has 0 aromatic heterocycles. The van der Waals surface area contributed by atoms with Crippen LogP contribution in [0.4, 0.5) is 0 Å². The van der Waals surface area contributed by atoms with Gasteiger partial charge in [0.2, 0.25) is 0 Å². The van der Waals surface area contributed by atoms with E-state index in [2.05, 4.69) is 48.5 Å². The van der Waals surface area contributed by atoms with E-state index >= 15 is 0 Å². The fourth-order valence-corrected chi connectivity index (χ4v) is 4.51. The van der Waals surface area contributed by atoms with E-state index in [1.54, 1.807) is 0 Å². The summed E-state index contributed by atoms with van der Waals surface area (Å²) in [4.78, 5) is 0. The standard InChI is InChI=1S/C22H18O2/c23-11-13-6-8-18-19(9-13)21-15-3-1-2-4-16(15)22(18)20-10-14(12-24)5-7-17(20)21/h1-10,21-24H,11-12H2/t21-,22-/m1/s1. The van der Waals surface area contributed by atoms with Crippen molar-refractivity contribution in [3.8, 4) is 0 Å². The van der Waals surface area contributed by atoms with E-state index in [4.69, 9.17) is 0 Å². The molecule has 6 rings (SSSR count). The molecule has 24 heavy (non-hydrogen) atoms. The van der Waals surface area contributed by atoms with Crippen LogP contribution in [0.25, 0.3) is 0 Å². The van der Waals surface area contributed by atoms with Crippen molar-refractivity contribution in [2.75, 3.05) is 0 Å². The highest BCUT2D eigenvalue weighted by Crippen LogP contribution is 2.55. The number of aliphatic hydroxyl groups is 2. The van der Waals surface area contributed by atoms with Gasteiger partial charge in [-0.15, -0.1) is 0 Å². The molecule has 0 spiro atoms. The van der Waals surface area contributed by atoms with Gasteiger partial charge in [-0.3, -0.25) is 0 Å². The fraction of sp³-hybridized carbons (Fsp3) is 0.182. The first-order valence-electron chi connectivity index (χ1n) is 8.38. The van der Waals surface area contributed by atoms with Crippen molar-refractivity contribution in [3.05, 3.63) is 105 Å². The summed E-state index contributed by atoms with van der Waals surface area (Å²) in [5.74, 6) is 0.436. The molecule has 2 atom stereocenters. The molecule has 0 unspecified atom stereocenters. The Bertz CT molecular complexity index is 879. The first-order chi connectivity index (χ1) is 11.8. The van der Waals surface area contributed by atoms with Gasteiger partial charge in [0.05, 0.1) is 13.2 Å². The molecular weight excluding hydrogens is 296 g/mol. The summed E-state index contributed by atoms with van der Waals surface area (Å²) in [7, 11) is 0. The third-order valence-corrected chi connectivity index (χ3v) is 5.53. The van der Waals surface area contributed by atoms with Crippen molar-refractivity contribution in [1.29, 1.82) is 0 Å². The summed E-state index contributed by atoms with van der Waals surface area (Å²) in [6.07, 6.45) is 0. The molecule has 3 aromatic rings. The van der Waals surface area contributed by atoms with Gasteiger partial charge < -0.3 is 10.2 Å². The highest BCUT2D eigenvalue weighted by molar-refractivity contribution is 5.68. The second kappa shape index (κ2) is 5.04. The van der Waals surface area contributed by atoms with Gasteiger partial charge in [-0.05, 0) is 44.5 Å². The third-order valence-electron chi connectivity index (χ3n) is 5.53. The zero-order chi connectivity index (χ0) is 16.3. The van der Waals surface area contributed by atoms with Gasteiger partial charge in [0.1, 0.15) is 0 Å². The molecule has 0 heterocycles. The Morgan fingerprint density at radius 2 is 0.958 bits per heavy atom. The molecule has 0 aliphatic heterocycles. The summed E-state index contributed by atoms with van der Waals surface area (Å²) in [5.41, 5.74) is 9.96. The summed E-state index contributed by atoms with van der Waals surface area (Å²) < 4.78 is 0. The van der Waals surface area contributed by atoms with Gasteiger partial charge in [0, 0.05) is 11.8 Å². The summed E-state index contributed by atoms with van der Waals surface area (Å²) >= 11 is 0. The van der Waals surface area contributed by atoms with Crippen LogP contribution in [0, 0.1) is 0 Å². The monoisotopic (exact) mass is 314 g/mol. The Morgan fingerprint density at radius 3 is 1.38 bits per heavy atom. The van der Waals surface area contributed by atoms with Crippen LogP contribution in [-0.4, -0.2) is 10.2 Å². The lowest BCUT2D eigenvalue weighted by Crippen LogP contribution is -2.27. The maximum atomic E-state index is 9.54. The number of hydrogen-bond acceptors (Lipinski definition) is 2. The van der Waals surface area contributed by atoms with E-state index in [1.807, 2.05) is 12.1 Å². The Balaban J connectivity index is 1.83. The summed E-state index contributed by atoms with van der Waals surface area (Å²) in [6, 6.07) is 21.4. The lowest BCUT2D eigenvalue weighted by atomic mass is 9.61. The maximum Gasteiger partial charge on any atom is 0.0681 e. The van der Waals surface area contributed by atoms with Crippen molar-refractivity contribution < 1.29 is 10.2 Å². The fourth-order valence-electron chi connectivity index (χ4n) is 4.51. The highest BCUT2D eigenvalue weighted by atomic mass is 16.3. The third kappa shape index (κ3) is 1.73. The summed E-state index contributed by atoms with van der Waals surface area (Å²) in [5, 5.41) is 19.1. The Labute approximate surface area is 141 Å². The molecule has 0 radical (unpaired) electrons. The molecule has 0 fully saturated rings. The Morgan fingerprint density at radius 1 is 0.542 bits per heavy atom. The molecule has 118 valence electrons. The van der Waals surface area contributed by atoms with E-state index in [1.165, 1.54) is 33.4 Å². The second-order valence-electron chi connectivity index (χ2n) is 6.74. The Hall–Kier alpha value is -2.42. The van der Waals surface area contributed by atoms with Crippen LogP contribution in [-0.2, 0) is 13.2 Å². The first kappa shape index (κ1) is 14.0. The normalized spacial score (nSPS) is 19.6. The van der Waals surface area contributed by atoms with Gasteiger partial charge in [-0.2, -0.15) is 0 Å². The predicted octanol–water partition coefficient (Wildman–Crippen LogP) is 3.66. The second-order valence-corrected chi connectivity index (χ2v) is 6.74. The van der Waals surface area contributed by atoms with Crippen LogP contribution in [0.3, 0.4) is 0 Å². The molecule has 0 amide bonds. The molecule has 0 saturated heterocycles. The largest absolute Gasteiger partial charge is 0.392 e. The van der Waals surface area contributed by atoms with Crippen molar-refractivity contribution in [3.63, 3.8) is 0 Å². The van der Waals surface area contributed by atoms with Crippen molar-refractivity contribution in [2.45, 2.75) is 25.0 Å². The van der Waals surface area contributed by atoms with E-state index in [9.17, 15) is 10.2 Å². The van der Waals surface area contributed by atoms with Crippen LogP contribution in [0.15, 0.2) is 60.7 Å². The smallest absolute Gasteiger partial charge is 0.0681 e. The van der Waals surface area contributed by atoms with Gasteiger partial charge in [-0.25, -0.2) is 0 Å². The van der Waals surface area contributed by atoms with Crippen molar-refractivity contribution in [2.24, 2.45) is 0 Å². The summed E-state index contributed by atoms with van der Waals surface area (Å²) in [6.45, 7) is 0.144. The average molecular weight is 314 g/mol. The van der Waals surface area contributed by atoms with Gasteiger partial charge in [0.25, 0.3) is 0 Å². The number of aliphatic hydroxyl groups excluding tert-OH is 2. The molecule has 3 aliphatic carbocycles. The minimum atomic E-state index is 0.0720. The van der Waals surface area contributed by atoms with Crippen LogP contribution in [0.5, 0.6) is 0 Å². The molecule has 3 aromatic carbocycles. The number of hydrogen-bond donors (Lipinski definition) is 2. The highest BCUT2D eigenvalue weighted by Gasteiger charge is 2.41. The lowest BCUT2D eigenvalue weighted by molar-refractivity contribution is 0.281. The molecule has 2 heteroatoms. The maximum absolute atomic E-state index is 9.54. The van der Waals surface area contributed by atoms with E-state index in [0.717, 1.165) is 11.1 Å². The molecular formula is C22H18O2. The predicted molar refractivity (Wildman–Crippen MR) is 93.1 cm³/mol. The SMILES string of the molecule is OCc1ccc2c(c1)[C@@H]1c3ccccc3[C@H]2c2cc(CO)ccc21. The van der Waals surface area contributed by atoms with E-state index in [0.29, 0.717) is 0 Å². The first-order valence-corrected chi connectivity index (χ1v) is 8.38. The van der Waals surface area contributed by atoms with E-state index in [-0.39, 0.29) is 25.0 Å². The van der Waals surface area contributed by atoms with Crippen molar-refractivity contribution in [1.82, 2.24) is 0 Å². The quantitative estimate of drug-likeness (QED) is 0.522. The molecule has 2 nitrogen and oxygen atoms in total. The van der Waals surface area contributed by atoms with Gasteiger partial charge >= 0.3 is 0 Å².